The van der Waals surface area contributed by atoms with Gasteiger partial charge in [0.25, 0.3) is 0 Å². The fourth-order valence-electron chi connectivity index (χ4n) is 1.80. The van der Waals surface area contributed by atoms with E-state index in [-0.39, 0.29) is 5.41 Å². The lowest BCUT2D eigenvalue weighted by atomic mass is 9.85. The Balaban J connectivity index is 2.51. The first-order valence-corrected chi connectivity index (χ1v) is 5.09. The Bertz CT molecular complexity index is 339. The maximum absolute atomic E-state index is 5.60. The first-order valence-electron chi connectivity index (χ1n) is 5.09. The average Bonchev–Trinajstić information content (AvgIpc) is 2.15. The molecule has 1 aliphatic heterocycles. The molecule has 2 rings (SSSR count). The third kappa shape index (κ3) is 1.57. The Morgan fingerprint density at radius 2 is 2.07 bits per heavy atom. The van der Waals surface area contributed by atoms with Crippen molar-refractivity contribution in [3.8, 4) is 5.75 Å². The first-order chi connectivity index (χ1) is 6.59. The fraction of sp³-hybridized carbons (Fsp3) is 0.500. The van der Waals surface area contributed by atoms with Crippen LogP contribution in [-0.2, 0) is 5.41 Å². The maximum atomic E-state index is 5.60. The first kappa shape index (κ1) is 9.38. The predicted octanol–water partition coefficient (Wildman–Crippen LogP) is 2.79. The van der Waals surface area contributed by atoms with E-state index < -0.39 is 0 Å². The third-order valence-corrected chi connectivity index (χ3v) is 2.50. The molecular weight excluding hydrogens is 174 g/mol. The molecule has 1 aliphatic rings. The van der Waals surface area contributed by atoms with Crippen LogP contribution in [0.25, 0.3) is 0 Å². The van der Waals surface area contributed by atoms with Crippen molar-refractivity contribution in [3.63, 3.8) is 0 Å². The summed E-state index contributed by atoms with van der Waals surface area (Å²) in [5.41, 5.74) is 2.67. The Morgan fingerprint density at radius 3 is 2.79 bits per heavy atom. The number of anilines is 1. The summed E-state index contributed by atoms with van der Waals surface area (Å²) in [7, 11) is 0. The number of fused-ring (bicyclic) bond motifs is 1. The molecule has 0 aromatic heterocycles. The summed E-state index contributed by atoms with van der Waals surface area (Å²) in [6, 6.07) is 6.25. The minimum Gasteiger partial charge on any atom is -0.490 e. The maximum Gasteiger partial charge on any atom is 0.142 e. The predicted molar refractivity (Wildman–Crippen MR) is 59.1 cm³/mol. The summed E-state index contributed by atoms with van der Waals surface area (Å²) >= 11 is 0. The van der Waals surface area contributed by atoms with Gasteiger partial charge in [0.2, 0.25) is 0 Å². The number of ether oxygens (including phenoxy) is 1. The van der Waals surface area contributed by atoms with Crippen LogP contribution in [0.4, 0.5) is 5.69 Å². The van der Waals surface area contributed by atoms with Crippen LogP contribution < -0.4 is 10.1 Å². The number of para-hydroxylation sites is 1. The van der Waals surface area contributed by atoms with Gasteiger partial charge in [0, 0.05) is 6.54 Å². The Hall–Kier alpha value is -1.18. The van der Waals surface area contributed by atoms with E-state index in [2.05, 4.69) is 38.2 Å². The number of benzene rings is 1. The van der Waals surface area contributed by atoms with E-state index in [9.17, 15) is 0 Å². The number of hydrogen-bond donors (Lipinski definition) is 1. The molecule has 0 bridgehead atoms. The molecule has 76 valence electrons. The van der Waals surface area contributed by atoms with Gasteiger partial charge in [-0.05, 0) is 17.0 Å². The molecule has 0 saturated carbocycles. The van der Waals surface area contributed by atoms with E-state index in [1.165, 1.54) is 11.3 Å². The smallest absolute Gasteiger partial charge is 0.142 e. The molecule has 0 saturated heterocycles. The summed E-state index contributed by atoms with van der Waals surface area (Å²) in [4.78, 5) is 0. The van der Waals surface area contributed by atoms with Crippen molar-refractivity contribution in [2.45, 2.75) is 26.2 Å². The largest absolute Gasteiger partial charge is 0.490 e. The molecule has 0 unspecified atom stereocenters. The topological polar surface area (TPSA) is 21.3 Å². The Labute approximate surface area is 85.3 Å². The van der Waals surface area contributed by atoms with Crippen molar-refractivity contribution in [2.75, 3.05) is 18.5 Å². The summed E-state index contributed by atoms with van der Waals surface area (Å²) in [6.45, 7) is 8.33. The number of hydrogen-bond acceptors (Lipinski definition) is 2. The van der Waals surface area contributed by atoms with Gasteiger partial charge in [0.05, 0.1) is 5.69 Å². The number of nitrogens with one attached hydrogen (secondary N) is 1. The molecule has 0 aliphatic carbocycles. The van der Waals surface area contributed by atoms with Gasteiger partial charge in [0.1, 0.15) is 12.4 Å². The van der Waals surface area contributed by atoms with Crippen molar-refractivity contribution in [1.82, 2.24) is 0 Å². The van der Waals surface area contributed by atoms with Crippen LogP contribution in [0.5, 0.6) is 5.75 Å². The average molecular weight is 191 g/mol. The van der Waals surface area contributed by atoms with E-state index in [1.807, 2.05) is 6.07 Å². The molecule has 0 spiro atoms. The van der Waals surface area contributed by atoms with Crippen molar-refractivity contribution >= 4 is 5.69 Å². The molecule has 14 heavy (non-hydrogen) atoms. The quantitative estimate of drug-likeness (QED) is 0.681. The van der Waals surface area contributed by atoms with Gasteiger partial charge in [-0.1, -0.05) is 32.9 Å². The van der Waals surface area contributed by atoms with E-state index in [4.69, 9.17) is 4.74 Å². The van der Waals surface area contributed by atoms with Crippen LogP contribution in [0.15, 0.2) is 18.2 Å². The number of rotatable bonds is 0. The molecule has 1 aromatic carbocycles. The zero-order chi connectivity index (χ0) is 10.2. The normalized spacial score (nSPS) is 15.4. The molecule has 2 heteroatoms. The minimum atomic E-state index is 0.166. The Morgan fingerprint density at radius 1 is 1.29 bits per heavy atom. The van der Waals surface area contributed by atoms with Gasteiger partial charge in [0.15, 0.2) is 0 Å². The monoisotopic (exact) mass is 191 g/mol. The highest BCUT2D eigenvalue weighted by molar-refractivity contribution is 5.65. The van der Waals surface area contributed by atoms with Crippen LogP contribution in [0.2, 0.25) is 0 Å². The van der Waals surface area contributed by atoms with E-state index in [0.29, 0.717) is 0 Å². The highest BCUT2D eigenvalue weighted by Crippen LogP contribution is 2.37. The molecule has 2 nitrogen and oxygen atoms in total. The van der Waals surface area contributed by atoms with E-state index in [0.717, 1.165) is 18.9 Å². The summed E-state index contributed by atoms with van der Waals surface area (Å²) in [6.07, 6.45) is 0. The van der Waals surface area contributed by atoms with Crippen LogP contribution in [0, 0.1) is 0 Å². The second kappa shape index (κ2) is 3.19. The lowest BCUT2D eigenvalue weighted by Crippen LogP contribution is -2.22. The molecule has 0 amide bonds. The zero-order valence-corrected chi connectivity index (χ0v) is 9.05. The summed E-state index contributed by atoms with van der Waals surface area (Å²) in [5, 5.41) is 3.41. The lowest BCUT2D eigenvalue weighted by Gasteiger charge is -2.28. The second-order valence-electron chi connectivity index (χ2n) is 4.70. The summed E-state index contributed by atoms with van der Waals surface area (Å²) < 4.78 is 5.60. The van der Waals surface area contributed by atoms with Crippen molar-refractivity contribution < 1.29 is 4.74 Å². The second-order valence-corrected chi connectivity index (χ2v) is 4.70. The van der Waals surface area contributed by atoms with Crippen LogP contribution in [-0.4, -0.2) is 13.2 Å². The van der Waals surface area contributed by atoms with E-state index in [1.54, 1.807) is 0 Å². The summed E-state index contributed by atoms with van der Waals surface area (Å²) in [5.74, 6) is 0.990. The SMILES string of the molecule is CC(C)(C)c1cccc2c1NCCO2. The van der Waals surface area contributed by atoms with Crippen molar-refractivity contribution in [1.29, 1.82) is 0 Å². The molecule has 0 radical (unpaired) electrons. The van der Waals surface area contributed by atoms with Gasteiger partial charge in [-0.15, -0.1) is 0 Å². The highest BCUT2D eigenvalue weighted by Gasteiger charge is 2.22. The van der Waals surface area contributed by atoms with Gasteiger partial charge in [-0.2, -0.15) is 0 Å². The zero-order valence-electron chi connectivity index (χ0n) is 9.05. The lowest BCUT2D eigenvalue weighted by molar-refractivity contribution is 0.322. The molecule has 0 atom stereocenters. The Kier molecular flexibility index (Phi) is 2.14. The minimum absolute atomic E-state index is 0.166. The van der Waals surface area contributed by atoms with Crippen LogP contribution >= 0.6 is 0 Å². The standard InChI is InChI=1S/C12H17NO/c1-12(2,3)9-5-4-6-10-11(9)13-7-8-14-10/h4-6,13H,7-8H2,1-3H3. The highest BCUT2D eigenvalue weighted by atomic mass is 16.5. The van der Waals surface area contributed by atoms with Gasteiger partial charge < -0.3 is 10.1 Å². The molecule has 1 aromatic rings. The van der Waals surface area contributed by atoms with E-state index >= 15 is 0 Å². The van der Waals surface area contributed by atoms with Crippen molar-refractivity contribution in [3.05, 3.63) is 23.8 Å². The van der Waals surface area contributed by atoms with Crippen LogP contribution in [0.3, 0.4) is 0 Å². The third-order valence-electron chi connectivity index (χ3n) is 2.50. The molecular formula is C12H17NO. The molecule has 1 heterocycles. The van der Waals surface area contributed by atoms with Crippen molar-refractivity contribution in [2.24, 2.45) is 0 Å². The molecule has 1 N–H and O–H groups in total. The van der Waals surface area contributed by atoms with Crippen LogP contribution in [0.1, 0.15) is 26.3 Å². The molecule has 0 fully saturated rings. The van der Waals surface area contributed by atoms with Gasteiger partial charge >= 0.3 is 0 Å². The van der Waals surface area contributed by atoms with Gasteiger partial charge in [-0.25, -0.2) is 0 Å². The van der Waals surface area contributed by atoms with Gasteiger partial charge in [-0.3, -0.25) is 0 Å². The fourth-order valence-corrected chi connectivity index (χ4v) is 1.80.